The lowest BCUT2D eigenvalue weighted by Gasteiger charge is -2.32. The minimum absolute atomic E-state index is 0.253. The van der Waals surface area contributed by atoms with Gasteiger partial charge in [-0.25, -0.2) is 0 Å². The van der Waals surface area contributed by atoms with E-state index in [1.807, 2.05) is 35.2 Å². The van der Waals surface area contributed by atoms with Crippen LogP contribution >= 0.6 is 0 Å². The summed E-state index contributed by atoms with van der Waals surface area (Å²) < 4.78 is 11.9. The highest BCUT2D eigenvalue weighted by Crippen LogP contribution is 2.42. The molecule has 0 aromatic heterocycles. The molecule has 0 bridgehead atoms. The Balaban J connectivity index is 1.23. The fourth-order valence-corrected chi connectivity index (χ4v) is 4.86. The molecule has 2 aromatic carbocycles. The third-order valence-electron chi connectivity index (χ3n) is 6.42. The van der Waals surface area contributed by atoms with Crippen LogP contribution in [0.2, 0.25) is 0 Å². The van der Waals surface area contributed by atoms with Crippen LogP contribution in [0.4, 0.5) is 0 Å². The normalized spacial score (nSPS) is 18.4. The standard InChI is InChI=1S/C24H27NO3/c26-23(15-17-4-2-1-3-5-17)25-10-6-18(7-11-25)14-21-20-9-13-27-22(20)16-19-8-12-28-24(19)21/h1-5,16,18H,6-15H2. The van der Waals surface area contributed by atoms with Crippen molar-refractivity contribution in [2.24, 2.45) is 5.92 Å². The van der Waals surface area contributed by atoms with Gasteiger partial charge in [0, 0.05) is 42.6 Å². The summed E-state index contributed by atoms with van der Waals surface area (Å²) in [5.41, 5.74) is 5.16. The maximum atomic E-state index is 12.6. The van der Waals surface area contributed by atoms with E-state index in [1.165, 1.54) is 16.7 Å². The molecule has 1 saturated heterocycles. The van der Waals surface area contributed by atoms with Gasteiger partial charge in [0.2, 0.25) is 5.91 Å². The molecule has 28 heavy (non-hydrogen) atoms. The van der Waals surface area contributed by atoms with E-state index in [4.69, 9.17) is 9.47 Å². The van der Waals surface area contributed by atoms with Gasteiger partial charge in [0.25, 0.3) is 0 Å². The molecular formula is C24H27NO3. The largest absolute Gasteiger partial charge is 0.493 e. The van der Waals surface area contributed by atoms with Crippen LogP contribution in [0.1, 0.15) is 35.1 Å². The van der Waals surface area contributed by atoms with Crippen molar-refractivity contribution in [3.8, 4) is 11.5 Å². The number of carbonyl (C=O) groups is 1. The number of rotatable bonds is 4. The summed E-state index contributed by atoms with van der Waals surface area (Å²) in [5, 5.41) is 0. The Labute approximate surface area is 166 Å². The van der Waals surface area contributed by atoms with Crippen molar-refractivity contribution >= 4 is 5.91 Å². The Bertz CT molecular complexity index is 837. The zero-order chi connectivity index (χ0) is 18.9. The maximum Gasteiger partial charge on any atom is 0.226 e. The molecule has 5 rings (SSSR count). The fourth-order valence-electron chi connectivity index (χ4n) is 4.86. The second-order valence-corrected chi connectivity index (χ2v) is 8.21. The third-order valence-corrected chi connectivity index (χ3v) is 6.42. The molecule has 0 aliphatic carbocycles. The molecule has 3 heterocycles. The van der Waals surface area contributed by atoms with Crippen molar-refractivity contribution < 1.29 is 14.3 Å². The zero-order valence-corrected chi connectivity index (χ0v) is 16.3. The number of carbonyl (C=O) groups excluding carboxylic acids is 1. The van der Waals surface area contributed by atoms with Gasteiger partial charge in [-0.2, -0.15) is 0 Å². The molecule has 0 radical (unpaired) electrons. The highest BCUT2D eigenvalue weighted by atomic mass is 16.5. The van der Waals surface area contributed by atoms with Crippen molar-refractivity contribution in [1.82, 2.24) is 4.90 Å². The maximum absolute atomic E-state index is 12.6. The van der Waals surface area contributed by atoms with Gasteiger partial charge in [0.1, 0.15) is 11.5 Å². The van der Waals surface area contributed by atoms with Gasteiger partial charge >= 0.3 is 0 Å². The van der Waals surface area contributed by atoms with Crippen molar-refractivity contribution in [2.45, 2.75) is 38.5 Å². The second-order valence-electron chi connectivity index (χ2n) is 8.21. The first-order valence-electron chi connectivity index (χ1n) is 10.5. The van der Waals surface area contributed by atoms with Gasteiger partial charge in [-0.3, -0.25) is 4.79 Å². The van der Waals surface area contributed by atoms with Crippen molar-refractivity contribution in [2.75, 3.05) is 26.3 Å². The molecular weight excluding hydrogens is 350 g/mol. The summed E-state index contributed by atoms with van der Waals surface area (Å²) in [6.07, 6.45) is 5.69. The van der Waals surface area contributed by atoms with Gasteiger partial charge in [-0.1, -0.05) is 30.3 Å². The number of fused-ring (bicyclic) bond motifs is 2. The minimum Gasteiger partial charge on any atom is -0.493 e. The van der Waals surface area contributed by atoms with Gasteiger partial charge in [-0.15, -0.1) is 0 Å². The Morgan fingerprint density at radius 2 is 1.82 bits per heavy atom. The predicted molar refractivity (Wildman–Crippen MR) is 108 cm³/mol. The molecule has 146 valence electrons. The first-order chi connectivity index (χ1) is 13.8. The number of benzene rings is 2. The lowest BCUT2D eigenvalue weighted by Crippen LogP contribution is -2.39. The summed E-state index contributed by atoms with van der Waals surface area (Å²) >= 11 is 0. The molecule has 4 heteroatoms. The molecule has 2 aromatic rings. The van der Waals surface area contributed by atoms with Crippen molar-refractivity contribution in [3.05, 3.63) is 58.7 Å². The van der Waals surface area contributed by atoms with E-state index in [0.29, 0.717) is 12.3 Å². The lowest BCUT2D eigenvalue weighted by molar-refractivity contribution is -0.131. The molecule has 1 amide bonds. The molecule has 4 nitrogen and oxygen atoms in total. The first kappa shape index (κ1) is 17.6. The van der Waals surface area contributed by atoms with E-state index in [0.717, 1.165) is 75.5 Å². The zero-order valence-electron chi connectivity index (χ0n) is 16.3. The van der Waals surface area contributed by atoms with E-state index in [9.17, 15) is 4.79 Å². The lowest BCUT2D eigenvalue weighted by atomic mass is 9.86. The van der Waals surface area contributed by atoms with Crippen LogP contribution in [0.5, 0.6) is 11.5 Å². The number of piperidine rings is 1. The SMILES string of the molecule is O=C(Cc1ccccc1)N1CCC(Cc2c3c(cc4c2OCC4)OCC3)CC1. The molecule has 0 spiro atoms. The van der Waals surface area contributed by atoms with E-state index in [1.54, 1.807) is 0 Å². The highest BCUT2D eigenvalue weighted by molar-refractivity contribution is 5.78. The van der Waals surface area contributed by atoms with Crippen LogP contribution in [0.25, 0.3) is 0 Å². The molecule has 0 unspecified atom stereocenters. The van der Waals surface area contributed by atoms with Gasteiger partial charge in [0.05, 0.1) is 19.6 Å². The molecule has 3 aliphatic heterocycles. The highest BCUT2D eigenvalue weighted by Gasteiger charge is 2.30. The number of nitrogens with zero attached hydrogens (tertiary/aromatic N) is 1. The monoisotopic (exact) mass is 377 g/mol. The average molecular weight is 377 g/mol. The van der Waals surface area contributed by atoms with Gasteiger partial charge in [0.15, 0.2) is 0 Å². The quantitative estimate of drug-likeness (QED) is 0.818. The molecule has 0 atom stereocenters. The molecule has 1 fully saturated rings. The van der Waals surface area contributed by atoms with Crippen LogP contribution in [-0.2, 0) is 30.5 Å². The second kappa shape index (κ2) is 7.50. The summed E-state index contributed by atoms with van der Waals surface area (Å²) in [4.78, 5) is 14.7. The fraction of sp³-hybridized carbons (Fsp3) is 0.458. The molecule has 0 saturated carbocycles. The number of likely N-dealkylation sites (tertiary alicyclic amines) is 1. The Hall–Kier alpha value is -2.49. The molecule has 3 aliphatic rings. The number of amides is 1. The summed E-state index contributed by atoms with van der Waals surface area (Å²) in [7, 11) is 0. The van der Waals surface area contributed by atoms with Crippen LogP contribution in [0.3, 0.4) is 0 Å². The van der Waals surface area contributed by atoms with Crippen molar-refractivity contribution in [1.29, 1.82) is 0 Å². The summed E-state index contributed by atoms with van der Waals surface area (Å²) in [6.45, 7) is 3.31. The van der Waals surface area contributed by atoms with Gasteiger partial charge in [-0.05, 0) is 36.8 Å². The number of ether oxygens (including phenoxy) is 2. The minimum atomic E-state index is 0.253. The Kier molecular flexibility index (Phi) is 4.71. The Morgan fingerprint density at radius 1 is 1.04 bits per heavy atom. The van der Waals surface area contributed by atoms with E-state index in [-0.39, 0.29) is 5.91 Å². The van der Waals surface area contributed by atoms with Crippen LogP contribution < -0.4 is 9.47 Å². The number of hydrogen-bond donors (Lipinski definition) is 0. The van der Waals surface area contributed by atoms with E-state index in [2.05, 4.69) is 6.07 Å². The number of hydrogen-bond acceptors (Lipinski definition) is 3. The van der Waals surface area contributed by atoms with E-state index >= 15 is 0 Å². The average Bonchev–Trinajstić information content (AvgIpc) is 3.38. The summed E-state index contributed by atoms with van der Waals surface area (Å²) in [6, 6.07) is 12.2. The topological polar surface area (TPSA) is 38.8 Å². The van der Waals surface area contributed by atoms with Crippen LogP contribution in [0, 0.1) is 5.92 Å². The third kappa shape index (κ3) is 3.36. The van der Waals surface area contributed by atoms with E-state index < -0.39 is 0 Å². The van der Waals surface area contributed by atoms with Gasteiger partial charge < -0.3 is 14.4 Å². The molecule has 0 N–H and O–H groups in total. The van der Waals surface area contributed by atoms with Crippen LogP contribution in [0.15, 0.2) is 36.4 Å². The predicted octanol–water partition coefficient (Wildman–Crippen LogP) is 3.58. The summed E-state index contributed by atoms with van der Waals surface area (Å²) in [5.74, 6) is 3.07. The smallest absolute Gasteiger partial charge is 0.226 e. The Morgan fingerprint density at radius 3 is 2.64 bits per heavy atom. The van der Waals surface area contributed by atoms with Crippen LogP contribution in [-0.4, -0.2) is 37.1 Å². The van der Waals surface area contributed by atoms with Crippen molar-refractivity contribution in [3.63, 3.8) is 0 Å². The first-order valence-corrected chi connectivity index (χ1v) is 10.5.